The van der Waals surface area contributed by atoms with E-state index in [0.29, 0.717) is 13.1 Å². The number of amides is 3. The number of aliphatic carboxylic acids is 1. The molecule has 2 aliphatic rings. The van der Waals surface area contributed by atoms with Gasteiger partial charge in [0.05, 0.1) is 6.10 Å². The standard InChI is InChI=1S/C10H15N3O5/c14-6-3-7(9(16)17)13(4-6)10(18)12-2-1-11-8(15)5-12/h6-7,14H,1-5H2,(H,11,15)(H,16,17)/t6?,7-/m0/s1. The highest BCUT2D eigenvalue weighted by atomic mass is 16.4. The van der Waals surface area contributed by atoms with Crippen molar-refractivity contribution in [2.75, 3.05) is 26.2 Å². The fraction of sp³-hybridized carbons (Fsp3) is 0.700. The molecule has 3 N–H and O–H groups in total. The maximum Gasteiger partial charge on any atom is 0.326 e. The van der Waals surface area contributed by atoms with E-state index in [0.717, 1.165) is 4.90 Å². The summed E-state index contributed by atoms with van der Waals surface area (Å²) in [6, 6.07) is -1.52. The normalized spacial score (nSPS) is 28.2. The molecule has 2 rings (SSSR count). The minimum atomic E-state index is -1.14. The molecule has 18 heavy (non-hydrogen) atoms. The third kappa shape index (κ3) is 2.37. The molecule has 0 aromatic carbocycles. The van der Waals surface area contributed by atoms with E-state index in [-0.39, 0.29) is 25.4 Å². The number of aliphatic hydroxyl groups excluding tert-OH is 1. The average molecular weight is 257 g/mol. The summed E-state index contributed by atoms with van der Waals surface area (Å²) in [6.07, 6.45) is -0.796. The molecule has 3 amide bonds. The summed E-state index contributed by atoms with van der Waals surface area (Å²) in [4.78, 5) is 36.7. The van der Waals surface area contributed by atoms with E-state index in [4.69, 9.17) is 5.11 Å². The molecule has 1 unspecified atom stereocenters. The number of carboxylic acid groups (broad SMARTS) is 1. The largest absolute Gasteiger partial charge is 0.480 e. The van der Waals surface area contributed by atoms with Gasteiger partial charge in [-0.3, -0.25) is 4.79 Å². The Morgan fingerprint density at radius 3 is 2.72 bits per heavy atom. The summed E-state index contributed by atoms with van der Waals surface area (Å²) < 4.78 is 0. The first-order valence-electron chi connectivity index (χ1n) is 5.72. The number of nitrogens with zero attached hydrogens (tertiary/aromatic N) is 2. The van der Waals surface area contributed by atoms with Crippen LogP contribution in [0.1, 0.15) is 6.42 Å². The van der Waals surface area contributed by atoms with E-state index < -0.39 is 24.1 Å². The Labute approximate surface area is 103 Å². The van der Waals surface area contributed by atoms with Crippen molar-refractivity contribution in [3.05, 3.63) is 0 Å². The Hall–Kier alpha value is -1.83. The summed E-state index contributed by atoms with van der Waals surface area (Å²) in [5, 5.41) is 21.0. The van der Waals surface area contributed by atoms with Crippen LogP contribution in [0.2, 0.25) is 0 Å². The molecule has 0 aliphatic carbocycles. The topological polar surface area (TPSA) is 110 Å². The Morgan fingerprint density at radius 2 is 2.11 bits per heavy atom. The van der Waals surface area contributed by atoms with Crippen LogP contribution in [0.3, 0.4) is 0 Å². The van der Waals surface area contributed by atoms with Gasteiger partial charge >= 0.3 is 12.0 Å². The van der Waals surface area contributed by atoms with Gasteiger partial charge in [0.15, 0.2) is 0 Å². The lowest BCUT2D eigenvalue weighted by molar-refractivity contribution is -0.141. The molecule has 0 bridgehead atoms. The summed E-state index contributed by atoms with van der Waals surface area (Å²) in [7, 11) is 0. The van der Waals surface area contributed by atoms with Crippen LogP contribution >= 0.6 is 0 Å². The Kier molecular flexibility index (Phi) is 3.37. The zero-order valence-electron chi connectivity index (χ0n) is 9.70. The van der Waals surface area contributed by atoms with Gasteiger partial charge in [-0.2, -0.15) is 0 Å². The zero-order valence-corrected chi connectivity index (χ0v) is 9.70. The van der Waals surface area contributed by atoms with Crippen molar-refractivity contribution >= 4 is 17.9 Å². The number of piperazine rings is 1. The van der Waals surface area contributed by atoms with Crippen molar-refractivity contribution in [2.45, 2.75) is 18.6 Å². The predicted octanol–water partition coefficient (Wildman–Crippen LogP) is -1.94. The SMILES string of the molecule is O=C1CN(C(=O)N2CC(O)C[C@H]2C(=O)O)CCN1. The number of carbonyl (C=O) groups excluding carboxylic acids is 2. The second kappa shape index (κ2) is 4.81. The fourth-order valence-corrected chi connectivity index (χ4v) is 2.24. The van der Waals surface area contributed by atoms with Crippen molar-refractivity contribution < 1.29 is 24.6 Å². The van der Waals surface area contributed by atoms with Gasteiger partial charge < -0.3 is 25.3 Å². The van der Waals surface area contributed by atoms with Crippen LogP contribution in [0.5, 0.6) is 0 Å². The van der Waals surface area contributed by atoms with Gasteiger partial charge in [0, 0.05) is 26.1 Å². The van der Waals surface area contributed by atoms with Crippen LogP contribution in [-0.2, 0) is 9.59 Å². The number of β-amino-alcohol motifs (C(OH)–C–C–N with tert-alkyl or cyclic N) is 1. The lowest BCUT2D eigenvalue weighted by Crippen LogP contribution is -2.55. The number of aliphatic hydroxyl groups is 1. The number of hydrogen-bond acceptors (Lipinski definition) is 4. The molecule has 0 saturated carbocycles. The first kappa shape index (κ1) is 12.6. The number of rotatable bonds is 1. The quantitative estimate of drug-likeness (QED) is 0.506. The van der Waals surface area contributed by atoms with Crippen molar-refractivity contribution in [1.82, 2.24) is 15.1 Å². The van der Waals surface area contributed by atoms with Gasteiger partial charge in [-0.25, -0.2) is 9.59 Å². The summed E-state index contributed by atoms with van der Waals surface area (Å²) in [6.45, 7) is 0.633. The molecule has 100 valence electrons. The van der Waals surface area contributed by atoms with Crippen LogP contribution in [0.4, 0.5) is 4.79 Å². The maximum absolute atomic E-state index is 12.1. The van der Waals surface area contributed by atoms with E-state index in [1.807, 2.05) is 0 Å². The molecule has 0 aromatic rings. The van der Waals surface area contributed by atoms with Gasteiger partial charge in [0.1, 0.15) is 12.6 Å². The van der Waals surface area contributed by atoms with Gasteiger partial charge in [0.25, 0.3) is 0 Å². The third-order valence-corrected chi connectivity index (χ3v) is 3.12. The Morgan fingerprint density at radius 1 is 1.39 bits per heavy atom. The molecule has 0 radical (unpaired) electrons. The number of carboxylic acids is 1. The molecule has 2 fully saturated rings. The zero-order chi connectivity index (χ0) is 13.3. The first-order chi connectivity index (χ1) is 8.49. The molecule has 2 saturated heterocycles. The monoisotopic (exact) mass is 257 g/mol. The molecule has 2 atom stereocenters. The van der Waals surface area contributed by atoms with Crippen molar-refractivity contribution in [2.24, 2.45) is 0 Å². The van der Waals surface area contributed by atoms with Crippen molar-refractivity contribution in [3.8, 4) is 0 Å². The van der Waals surface area contributed by atoms with Gasteiger partial charge in [-0.05, 0) is 0 Å². The second-order valence-corrected chi connectivity index (χ2v) is 4.45. The van der Waals surface area contributed by atoms with E-state index in [1.54, 1.807) is 0 Å². The molecule has 0 spiro atoms. The number of nitrogens with one attached hydrogen (secondary N) is 1. The number of likely N-dealkylation sites (tertiary alicyclic amines) is 1. The van der Waals surface area contributed by atoms with E-state index >= 15 is 0 Å². The molecule has 0 aromatic heterocycles. The van der Waals surface area contributed by atoms with Crippen LogP contribution < -0.4 is 5.32 Å². The second-order valence-electron chi connectivity index (χ2n) is 4.45. The summed E-state index contributed by atoms with van der Waals surface area (Å²) >= 11 is 0. The lowest BCUT2D eigenvalue weighted by atomic mass is 10.2. The number of carbonyl (C=O) groups is 3. The maximum atomic E-state index is 12.1. The Balaban J connectivity index is 2.07. The van der Waals surface area contributed by atoms with E-state index in [2.05, 4.69) is 5.32 Å². The molecule has 2 aliphatic heterocycles. The van der Waals surface area contributed by atoms with Crippen molar-refractivity contribution in [3.63, 3.8) is 0 Å². The minimum Gasteiger partial charge on any atom is -0.480 e. The summed E-state index contributed by atoms with van der Waals surface area (Å²) in [5.74, 6) is -1.40. The molecular weight excluding hydrogens is 242 g/mol. The molecule has 2 heterocycles. The summed E-state index contributed by atoms with van der Waals surface area (Å²) in [5.41, 5.74) is 0. The highest BCUT2D eigenvalue weighted by molar-refractivity contribution is 5.88. The smallest absolute Gasteiger partial charge is 0.326 e. The third-order valence-electron chi connectivity index (χ3n) is 3.12. The fourth-order valence-electron chi connectivity index (χ4n) is 2.24. The first-order valence-corrected chi connectivity index (χ1v) is 5.72. The van der Waals surface area contributed by atoms with Gasteiger partial charge in [-0.15, -0.1) is 0 Å². The Bertz CT molecular complexity index is 386. The van der Waals surface area contributed by atoms with E-state index in [1.165, 1.54) is 4.90 Å². The number of hydrogen-bond donors (Lipinski definition) is 3. The van der Waals surface area contributed by atoms with Gasteiger partial charge in [0.2, 0.25) is 5.91 Å². The highest BCUT2D eigenvalue weighted by Crippen LogP contribution is 2.20. The van der Waals surface area contributed by atoms with Crippen molar-refractivity contribution in [1.29, 1.82) is 0 Å². The predicted molar refractivity (Wildman–Crippen MR) is 58.7 cm³/mol. The molecular formula is C10H15N3O5. The van der Waals surface area contributed by atoms with Crippen LogP contribution in [0.15, 0.2) is 0 Å². The van der Waals surface area contributed by atoms with Crippen LogP contribution in [0, 0.1) is 0 Å². The number of urea groups is 1. The van der Waals surface area contributed by atoms with Crippen LogP contribution in [-0.4, -0.2) is 76.2 Å². The molecule has 8 nitrogen and oxygen atoms in total. The average Bonchev–Trinajstić information content (AvgIpc) is 2.70. The van der Waals surface area contributed by atoms with Crippen LogP contribution in [0.25, 0.3) is 0 Å². The van der Waals surface area contributed by atoms with E-state index in [9.17, 15) is 19.5 Å². The minimum absolute atomic E-state index is 0.00603. The molecule has 8 heteroatoms. The van der Waals surface area contributed by atoms with Gasteiger partial charge in [-0.1, -0.05) is 0 Å². The lowest BCUT2D eigenvalue weighted by Gasteiger charge is -2.32. The highest BCUT2D eigenvalue weighted by Gasteiger charge is 2.41.